The van der Waals surface area contributed by atoms with Crippen molar-refractivity contribution in [1.82, 2.24) is 0 Å². The fraction of sp³-hybridized carbons (Fsp3) is 0.263. The Morgan fingerprint density at radius 1 is 1.17 bits per heavy atom. The lowest BCUT2D eigenvalue weighted by Crippen LogP contribution is -2.24. The van der Waals surface area contributed by atoms with E-state index in [0.29, 0.717) is 11.5 Å². The second-order valence-corrected chi connectivity index (χ2v) is 5.36. The molecule has 1 aliphatic rings. The molecule has 3 rings (SSSR count). The van der Waals surface area contributed by atoms with Gasteiger partial charge < -0.3 is 14.2 Å². The molecular formula is C19H17NO4. The molecule has 0 fully saturated rings. The summed E-state index contributed by atoms with van der Waals surface area (Å²) in [4.78, 5) is 12.3. The molecule has 122 valence electrons. The number of ether oxygens (including phenoxy) is 3. The van der Waals surface area contributed by atoms with Crippen LogP contribution < -0.4 is 9.47 Å². The van der Waals surface area contributed by atoms with Crippen molar-refractivity contribution < 1.29 is 19.0 Å². The standard InChI is InChI=1S/C19H17NO4/c1-2-22-19(21)15(11-20)18(13-6-4-3-5-7-13)14-8-9-16-17(10-14)24-12-23-16/h3-10,15,18H,2,12H2,1H3/t15-,18-/m1/s1. The highest BCUT2D eigenvalue weighted by molar-refractivity contribution is 5.77. The van der Waals surface area contributed by atoms with Gasteiger partial charge in [-0.25, -0.2) is 0 Å². The minimum atomic E-state index is -0.937. The van der Waals surface area contributed by atoms with Gasteiger partial charge in [-0.05, 0) is 30.2 Å². The van der Waals surface area contributed by atoms with Crippen LogP contribution in [0.2, 0.25) is 0 Å². The van der Waals surface area contributed by atoms with E-state index in [0.717, 1.165) is 11.1 Å². The van der Waals surface area contributed by atoms with Gasteiger partial charge in [0, 0.05) is 5.92 Å². The molecule has 0 N–H and O–H groups in total. The third-order valence-corrected chi connectivity index (χ3v) is 3.93. The molecule has 1 aliphatic heterocycles. The zero-order valence-electron chi connectivity index (χ0n) is 13.3. The fourth-order valence-electron chi connectivity index (χ4n) is 2.84. The zero-order chi connectivity index (χ0) is 16.9. The average Bonchev–Trinajstić information content (AvgIpc) is 3.08. The molecule has 1 heterocycles. The molecule has 0 spiro atoms. The molecule has 0 radical (unpaired) electrons. The van der Waals surface area contributed by atoms with Crippen LogP contribution in [0.15, 0.2) is 48.5 Å². The van der Waals surface area contributed by atoms with Crippen LogP contribution in [0.4, 0.5) is 0 Å². The highest BCUT2D eigenvalue weighted by Crippen LogP contribution is 2.39. The number of nitriles is 1. The molecule has 2 atom stereocenters. The fourth-order valence-corrected chi connectivity index (χ4v) is 2.84. The Kier molecular flexibility index (Phi) is 4.66. The quantitative estimate of drug-likeness (QED) is 0.790. The highest BCUT2D eigenvalue weighted by Gasteiger charge is 2.33. The number of carbonyl (C=O) groups excluding carboxylic acids is 1. The van der Waals surface area contributed by atoms with Gasteiger partial charge in [-0.3, -0.25) is 4.79 Å². The van der Waals surface area contributed by atoms with Gasteiger partial charge >= 0.3 is 5.97 Å². The largest absolute Gasteiger partial charge is 0.465 e. The van der Waals surface area contributed by atoms with E-state index in [1.807, 2.05) is 42.5 Å². The lowest BCUT2D eigenvalue weighted by Gasteiger charge is -2.22. The van der Waals surface area contributed by atoms with Gasteiger partial charge in [0.2, 0.25) is 6.79 Å². The van der Waals surface area contributed by atoms with Crippen LogP contribution >= 0.6 is 0 Å². The minimum absolute atomic E-state index is 0.175. The molecule has 0 amide bonds. The maximum atomic E-state index is 12.3. The van der Waals surface area contributed by atoms with Crippen LogP contribution in [-0.2, 0) is 9.53 Å². The second kappa shape index (κ2) is 7.05. The maximum absolute atomic E-state index is 12.3. The Labute approximate surface area is 140 Å². The van der Waals surface area contributed by atoms with Crippen molar-refractivity contribution in [3.8, 4) is 17.6 Å². The first kappa shape index (κ1) is 15.9. The summed E-state index contributed by atoms with van der Waals surface area (Å²) in [7, 11) is 0. The molecule has 2 aromatic carbocycles. The van der Waals surface area contributed by atoms with Crippen molar-refractivity contribution in [2.45, 2.75) is 12.8 Å². The molecule has 2 aromatic rings. The summed E-state index contributed by atoms with van der Waals surface area (Å²) in [5.41, 5.74) is 1.68. The van der Waals surface area contributed by atoms with Crippen LogP contribution in [0.1, 0.15) is 24.0 Å². The smallest absolute Gasteiger partial charge is 0.324 e. The van der Waals surface area contributed by atoms with E-state index in [-0.39, 0.29) is 13.4 Å². The van der Waals surface area contributed by atoms with Crippen LogP contribution in [0.25, 0.3) is 0 Å². The minimum Gasteiger partial charge on any atom is -0.465 e. The van der Waals surface area contributed by atoms with E-state index in [1.54, 1.807) is 13.0 Å². The number of hydrogen-bond donors (Lipinski definition) is 0. The van der Waals surface area contributed by atoms with E-state index >= 15 is 0 Å². The van der Waals surface area contributed by atoms with E-state index in [2.05, 4.69) is 6.07 Å². The van der Waals surface area contributed by atoms with E-state index in [9.17, 15) is 10.1 Å². The molecule has 5 nitrogen and oxygen atoms in total. The van der Waals surface area contributed by atoms with Crippen molar-refractivity contribution in [3.05, 3.63) is 59.7 Å². The molecule has 0 saturated heterocycles. The number of rotatable bonds is 5. The summed E-state index contributed by atoms with van der Waals surface area (Å²) in [6.45, 7) is 2.14. The van der Waals surface area contributed by atoms with Gasteiger partial charge in [0.25, 0.3) is 0 Å². The molecule has 0 unspecified atom stereocenters. The van der Waals surface area contributed by atoms with Crippen molar-refractivity contribution in [2.75, 3.05) is 13.4 Å². The molecule has 0 aliphatic carbocycles. The van der Waals surface area contributed by atoms with E-state index in [4.69, 9.17) is 14.2 Å². The van der Waals surface area contributed by atoms with Crippen molar-refractivity contribution >= 4 is 5.97 Å². The number of carbonyl (C=O) groups is 1. The third kappa shape index (κ3) is 3.04. The van der Waals surface area contributed by atoms with Gasteiger partial charge in [0.05, 0.1) is 12.7 Å². The number of fused-ring (bicyclic) bond motifs is 1. The van der Waals surface area contributed by atoms with Crippen LogP contribution in [0.5, 0.6) is 11.5 Å². The summed E-state index contributed by atoms with van der Waals surface area (Å²) >= 11 is 0. The van der Waals surface area contributed by atoms with Gasteiger partial charge in [0.15, 0.2) is 17.4 Å². The Bertz CT molecular complexity index is 767. The molecule has 0 saturated carbocycles. The Balaban J connectivity index is 2.05. The predicted octanol–water partition coefficient (Wildman–Crippen LogP) is 3.25. The summed E-state index contributed by atoms with van der Waals surface area (Å²) in [5.74, 6) is -0.617. The normalized spacial score (nSPS) is 14.5. The van der Waals surface area contributed by atoms with Crippen molar-refractivity contribution in [1.29, 1.82) is 5.26 Å². The SMILES string of the molecule is CCOC(=O)[C@H](C#N)[C@H](c1ccccc1)c1ccc2c(c1)OCO2. The first-order valence-corrected chi connectivity index (χ1v) is 7.75. The number of nitrogens with zero attached hydrogens (tertiary/aromatic N) is 1. The molecule has 0 aromatic heterocycles. The number of benzene rings is 2. The summed E-state index contributed by atoms with van der Waals surface area (Å²) < 4.78 is 15.9. The first-order chi connectivity index (χ1) is 11.7. The summed E-state index contributed by atoms with van der Waals surface area (Å²) in [6.07, 6.45) is 0. The van der Waals surface area contributed by atoms with Crippen LogP contribution in [0.3, 0.4) is 0 Å². The number of hydrogen-bond acceptors (Lipinski definition) is 5. The Hall–Kier alpha value is -3.00. The van der Waals surface area contributed by atoms with Gasteiger partial charge in [-0.15, -0.1) is 0 Å². The van der Waals surface area contributed by atoms with Crippen molar-refractivity contribution in [3.63, 3.8) is 0 Å². The van der Waals surface area contributed by atoms with Gasteiger partial charge in [0.1, 0.15) is 0 Å². The Morgan fingerprint density at radius 2 is 1.92 bits per heavy atom. The topological polar surface area (TPSA) is 68.6 Å². The zero-order valence-corrected chi connectivity index (χ0v) is 13.3. The highest BCUT2D eigenvalue weighted by atomic mass is 16.7. The second-order valence-electron chi connectivity index (χ2n) is 5.36. The van der Waals surface area contributed by atoms with E-state index in [1.165, 1.54) is 0 Å². The van der Waals surface area contributed by atoms with Crippen molar-refractivity contribution in [2.24, 2.45) is 5.92 Å². The lowest BCUT2D eigenvalue weighted by atomic mass is 9.81. The first-order valence-electron chi connectivity index (χ1n) is 7.75. The Morgan fingerprint density at radius 3 is 2.62 bits per heavy atom. The van der Waals surface area contributed by atoms with Gasteiger partial charge in [-0.2, -0.15) is 5.26 Å². The summed E-state index contributed by atoms with van der Waals surface area (Å²) in [6, 6.07) is 17.0. The van der Waals surface area contributed by atoms with Crippen LogP contribution in [-0.4, -0.2) is 19.4 Å². The molecule has 5 heteroatoms. The summed E-state index contributed by atoms with van der Waals surface area (Å²) in [5, 5.41) is 9.60. The van der Waals surface area contributed by atoms with Gasteiger partial charge in [-0.1, -0.05) is 36.4 Å². The van der Waals surface area contributed by atoms with E-state index < -0.39 is 17.8 Å². The molecular weight excluding hydrogens is 306 g/mol. The number of esters is 1. The molecule has 24 heavy (non-hydrogen) atoms. The lowest BCUT2D eigenvalue weighted by molar-refractivity contribution is -0.146. The third-order valence-electron chi connectivity index (χ3n) is 3.93. The predicted molar refractivity (Wildman–Crippen MR) is 86.6 cm³/mol. The molecule has 0 bridgehead atoms. The maximum Gasteiger partial charge on any atom is 0.324 e. The van der Waals surface area contributed by atoms with Crippen LogP contribution in [0, 0.1) is 17.2 Å². The average molecular weight is 323 g/mol. The monoisotopic (exact) mass is 323 g/mol.